The fourth-order valence-electron chi connectivity index (χ4n) is 3.48. The first-order valence-electron chi connectivity index (χ1n) is 9.88. The van der Waals surface area contributed by atoms with Crippen molar-refractivity contribution >= 4 is 34.2 Å². The van der Waals surface area contributed by atoms with Crippen molar-refractivity contribution in [1.29, 1.82) is 0 Å². The van der Waals surface area contributed by atoms with E-state index in [1.165, 1.54) is 23.6 Å². The Hall–Kier alpha value is -4.20. The summed E-state index contributed by atoms with van der Waals surface area (Å²) in [4.78, 5) is 37.3. The molecule has 0 aliphatic rings. The van der Waals surface area contributed by atoms with Crippen molar-refractivity contribution in [3.8, 4) is 0 Å². The summed E-state index contributed by atoms with van der Waals surface area (Å²) >= 11 is 0. The number of aromatic nitrogens is 1. The Bertz CT molecular complexity index is 1370. The van der Waals surface area contributed by atoms with Crippen LogP contribution in [-0.2, 0) is 11.3 Å². The van der Waals surface area contributed by atoms with E-state index < -0.39 is 5.91 Å². The molecule has 0 aliphatic heterocycles. The van der Waals surface area contributed by atoms with E-state index in [9.17, 15) is 18.8 Å². The van der Waals surface area contributed by atoms with Crippen LogP contribution in [0.2, 0.25) is 0 Å². The number of carbonyl (C=O) groups excluding carboxylic acids is 2. The molecule has 0 bridgehead atoms. The molecule has 0 spiro atoms. The molecule has 2 aromatic carbocycles. The molecule has 2 heterocycles. The van der Waals surface area contributed by atoms with Crippen LogP contribution >= 0.6 is 0 Å². The Kier molecular flexibility index (Phi) is 5.59. The summed E-state index contributed by atoms with van der Waals surface area (Å²) in [5.41, 5.74) is 1.94. The zero-order valence-electron chi connectivity index (χ0n) is 17.4. The first-order valence-corrected chi connectivity index (χ1v) is 9.88. The predicted octanol–water partition coefficient (Wildman–Crippen LogP) is 4.30. The highest BCUT2D eigenvalue weighted by molar-refractivity contribution is 6.13. The number of rotatable bonds is 5. The third kappa shape index (κ3) is 4.29. The van der Waals surface area contributed by atoms with E-state index in [0.29, 0.717) is 22.7 Å². The molecule has 7 nitrogen and oxygen atoms in total. The van der Waals surface area contributed by atoms with Gasteiger partial charge in [0.1, 0.15) is 17.2 Å². The van der Waals surface area contributed by atoms with Crippen LogP contribution in [0, 0.1) is 12.7 Å². The lowest BCUT2D eigenvalue weighted by Gasteiger charge is -2.08. The summed E-state index contributed by atoms with van der Waals surface area (Å²) in [6.45, 7) is 3.26. The van der Waals surface area contributed by atoms with Gasteiger partial charge in [0.2, 0.25) is 5.91 Å². The van der Waals surface area contributed by atoms with Gasteiger partial charge in [0.15, 0.2) is 0 Å². The van der Waals surface area contributed by atoms with Gasteiger partial charge in [0, 0.05) is 24.5 Å². The summed E-state index contributed by atoms with van der Waals surface area (Å²) in [5, 5.41) is 5.59. The quantitative estimate of drug-likeness (QED) is 0.491. The summed E-state index contributed by atoms with van der Waals surface area (Å²) in [7, 11) is 0. The smallest absolute Gasteiger partial charge is 0.262 e. The number of nitrogens with one attached hydrogen (secondary N) is 2. The molecule has 0 atom stereocenters. The molecule has 2 amide bonds. The molecule has 4 rings (SSSR count). The molecular formula is C24H20FN3O4. The molecule has 0 saturated carbocycles. The highest BCUT2D eigenvalue weighted by Gasteiger charge is 2.22. The third-order valence-electron chi connectivity index (χ3n) is 4.95. The van der Waals surface area contributed by atoms with Crippen LogP contribution in [0.15, 0.2) is 70.0 Å². The van der Waals surface area contributed by atoms with Crippen LogP contribution in [0.3, 0.4) is 0 Å². The number of pyridine rings is 1. The molecule has 4 aromatic rings. The Morgan fingerprint density at radius 2 is 1.59 bits per heavy atom. The minimum absolute atomic E-state index is 0.157. The van der Waals surface area contributed by atoms with Gasteiger partial charge in [-0.25, -0.2) is 4.39 Å². The number of hydrogen-bond acceptors (Lipinski definition) is 4. The standard InChI is InChI=1S/C24H20FN3O4/c1-14-21(23(30)27-19-9-7-18(8-10-19)26-15(2)29)22-20(32-14)11-12-28(24(22)31)13-16-3-5-17(25)6-4-16/h3-12H,13H2,1-2H3,(H,26,29)(H,27,30). The Morgan fingerprint density at radius 3 is 2.22 bits per heavy atom. The van der Waals surface area contributed by atoms with Gasteiger partial charge in [-0.05, 0) is 55.0 Å². The summed E-state index contributed by atoms with van der Waals surface area (Å²) in [6.07, 6.45) is 1.58. The number of carbonyl (C=O) groups is 2. The van der Waals surface area contributed by atoms with Crippen LogP contribution in [0.25, 0.3) is 11.0 Å². The van der Waals surface area contributed by atoms with Gasteiger partial charge in [-0.3, -0.25) is 14.4 Å². The van der Waals surface area contributed by atoms with E-state index in [1.54, 1.807) is 55.6 Å². The topological polar surface area (TPSA) is 93.3 Å². The van der Waals surface area contributed by atoms with Gasteiger partial charge in [-0.2, -0.15) is 0 Å². The monoisotopic (exact) mass is 433 g/mol. The summed E-state index contributed by atoms with van der Waals surface area (Å²) in [6, 6.07) is 14.1. The normalized spacial score (nSPS) is 10.8. The van der Waals surface area contributed by atoms with Gasteiger partial charge >= 0.3 is 0 Å². The molecular weight excluding hydrogens is 413 g/mol. The lowest BCUT2D eigenvalue weighted by Crippen LogP contribution is -2.22. The lowest BCUT2D eigenvalue weighted by molar-refractivity contribution is -0.114. The molecule has 2 N–H and O–H groups in total. The number of amides is 2. The van der Waals surface area contributed by atoms with Crippen molar-refractivity contribution < 1.29 is 18.4 Å². The lowest BCUT2D eigenvalue weighted by atomic mass is 10.1. The molecule has 0 aliphatic carbocycles. The molecule has 0 radical (unpaired) electrons. The fraction of sp³-hybridized carbons (Fsp3) is 0.125. The largest absolute Gasteiger partial charge is 0.460 e. The van der Waals surface area contributed by atoms with Crippen molar-refractivity contribution in [3.63, 3.8) is 0 Å². The van der Waals surface area contributed by atoms with Crippen molar-refractivity contribution in [1.82, 2.24) is 4.57 Å². The zero-order valence-corrected chi connectivity index (χ0v) is 17.4. The van der Waals surface area contributed by atoms with Crippen molar-refractivity contribution in [3.05, 3.63) is 93.9 Å². The van der Waals surface area contributed by atoms with E-state index >= 15 is 0 Å². The van der Waals surface area contributed by atoms with E-state index in [1.807, 2.05) is 0 Å². The first-order chi connectivity index (χ1) is 15.3. The molecule has 2 aromatic heterocycles. The van der Waals surface area contributed by atoms with Crippen molar-refractivity contribution in [2.24, 2.45) is 0 Å². The molecule has 0 unspecified atom stereocenters. The zero-order chi connectivity index (χ0) is 22.8. The Balaban J connectivity index is 1.65. The maximum absolute atomic E-state index is 13.2. The molecule has 162 valence electrons. The van der Waals surface area contributed by atoms with Gasteiger partial charge in [-0.15, -0.1) is 0 Å². The molecule has 0 saturated heterocycles. The average Bonchev–Trinajstić information content (AvgIpc) is 3.09. The van der Waals surface area contributed by atoms with Gasteiger partial charge in [0.25, 0.3) is 11.5 Å². The van der Waals surface area contributed by atoms with E-state index in [4.69, 9.17) is 4.42 Å². The highest BCUT2D eigenvalue weighted by atomic mass is 19.1. The van der Waals surface area contributed by atoms with Crippen LogP contribution < -0.4 is 16.2 Å². The summed E-state index contributed by atoms with van der Waals surface area (Å²) in [5.74, 6) is -0.709. The number of aryl methyl sites for hydroxylation is 1. The second-order valence-electron chi connectivity index (χ2n) is 7.36. The van der Waals surface area contributed by atoms with Crippen molar-refractivity contribution in [2.75, 3.05) is 10.6 Å². The van der Waals surface area contributed by atoms with E-state index in [-0.39, 0.29) is 34.8 Å². The van der Waals surface area contributed by atoms with Gasteiger partial charge in [0.05, 0.1) is 17.5 Å². The van der Waals surface area contributed by atoms with Crippen LogP contribution in [0.4, 0.5) is 15.8 Å². The van der Waals surface area contributed by atoms with E-state index in [0.717, 1.165) is 5.56 Å². The number of furan rings is 1. The van der Waals surface area contributed by atoms with Crippen LogP contribution in [0.1, 0.15) is 28.6 Å². The van der Waals surface area contributed by atoms with Gasteiger partial charge in [-0.1, -0.05) is 12.1 Å². The molecule has 8 heteroatoms. The van der Waals surface area contributed by atoms with Crippen LogP contribution in [-0.4, -0.2) is 16.4 Å². The average molecular weight is 433 g/mol. The van der Waals surface area contributed by atoms with E-state index in [2.05, 4.69) is 10.6 Å². The Morgan fingerprint density at radius 1 is 0.969 bits per heavy atom. The van der Waals surface area contributed by atoms with Crippen molar-refractivity contribution in [2.45, 2.75) is 20.4 Å². The summed E-state index contributed by atoms with van der Waals surface area (Å²) < 4.78 is 20.3. The molecule has 0 fully saturated rings. The number of hydrogen-bond donors (Lipinski definition) is 2. The maximum Gasteiger partial charge on any atom is 0.262 e. The number of benzene rings is 2. The predicted molar refractivity (Wildman–Crippen MR) is 119 cm³/mol. The maximum atomic E-state index is 13.2. The van der Waals surface area contributed by atoms with Gasteiger partial charge < -0.3 is 19.6 Å². The number of halogens is 1. The first kappa shape index (κ1) is 21.0. The number of nitrogens with zero attached hydrogens (tertiary/aromatic N) is 1. The fourth-order valence-corrected chi connectivity index (χ4v) is 3.48. The molecule has 32 heavy (non-hydrogen) atoms. The minimum atomic E-state index is -0.481. The SMILES string of the molecule is CC(=O)Nc1ccc(NC(=O)c2c(C)oc3ccn(Cc4ccc(F)cc4)c(=O)c23)cc1. The highest BCUT2D eigenvalue weighted by Crippen LogP contribution is 2.24. The Labute approximate surface area is 182 Å². The minimum Gasteiger partial charge on any atom is -0.460 e. The second kappa shape index (κ2) is 8.50. The number of fused-ring (bicyclic) bond motifs is 1. The van der Waals surface area contributed by atoms with Crippen LogP contribution in [0.5, 0.6) is 0 Å². The second-order valence-corrected chi connectivity index (χ2v) is 7.36. The third-order valence-corrected chi connectivity index (χ3v) is 4.95. The number of anilines is 2.